The van der Waals surface area contributed by atoms with Crippen LogP contribution in [0.3, 0.4) is 0 Å². The second-order valence-electron chi connectivity index (χ2n) is 12.6. The SMILES string of the molecule is COc1ccc(Cn2c(=O)c3c(c(C(N)=O)c(N4CCC[C@@H](NC(=O)OC(C)(C)C)C4)n3Cc3cc(F)ccc3Cl)n(C)c2=O)cc1. The number of rotatable bonds is 8. The first-order valence-corrected chi connectivity index (χ1v) is 15.5. The number of carbonyl (C=O) groups excluding carboxylic acids is 2. The second-order valence-corrected chi connectivity index (χ2v) is 13.0. The summed E-state index contributed by atoms with van der Waals surface area (Å²) in [5, 5.41) is 3.13. The average Bonchev–Trinajstić information content (AvgIpc) is 3.35. The lowest BCUT2D eigenvalue weighted by Gasteiger charge is -2.36. The molecule has 12 nitrogen and oxygen atoms in total. The van der Waals surface area contributed by atoms with E-state index in [1.165, 1.54) is 36.9 Å². The third-order valence-corrected chi connectivity index (χ3v) is 8.40. The highest BCUT2D eigenvalue weighted by molar-refractivity contribution is 6.31. The van der Waals surface area contributed by atoms with Gasteiger partial charge in [0.05, 0.1) is 25.7 Å². The van der Waals surface area contributed by atoms with Gasteiger partial charge in [-0.15, -0.1) is 0 Å². The minimum absolute atomic E-state index is 0.0203. The molecule has 1 aliphatic heterocycles. The van der Waals surface area contributed by atoms with Gasteiger partial charge in [-0.25, -0.2) is 14.0 Å². The van der Waals surface area contributed by atoms with Crippen molar-refractivity contribution in [2.45, 2.75) is 58.3 Å². The van der Waals surface area contributed by atoms with Gasteiger partial charge in [0.15, 0.2) is 0 Å². The van der Waals surface area contributed by atoms with E-state index in [0.717, 1.165) is 4.57 Å². The standard InChI is InChI=1S/C33H38ClFN6O6/c1-33(2,3)47-31(44)37-22-7-6-14-39(18-22)29-25(28(36)42)26-27(40(29)17-20-15-21(35)10-13-24(20)34)30(43)41(32(45)38(26)4)16-19-8-11-23(46-5)12-9-19/h8-13,15,22H,6-7,14,16-18H2,1-5H3,(H2,36,42)(H,37,44)/t22-/m1/s1. The van der Waals surface area contributed by atoms with Crippen LogP contribution in [0.1, 0.15) is 55.1 Å². The van der Waals surface area contributed by atoms with E-state index in [2.05, 4.69) is 5.32 Å². The fourth-order valence-corrected chi connectivity index (χ4v) is 6.16. The van der Waals surface area contributed by atoms with Gasteiger partial charge in [0.2, 0.25) is 0 Å². The zero-order valence-electron chi connectivity index (χ0n) is 26.9. The molecule has 3 N–H and O–H groups in total. The zero-order valence-corrected chi connectivity index (χ0v) is 27.7. The number of hydrogen-bond donors (Lipinski definition) is 2. The van der Waals surface area contributed by atoms with E-state index in [4.69, 9.17) is 26.8 Å². The number of alkyl carbamates (subject to hydrolysis) is 1. The molecule has 0 unspecified atom stereocenters. The van der Waals surface area contributed by atoms with Crippen LogP contribution in [-0.2, 0) is 24.9 Å². The molecular weight excluding hydrogens is 631 g/mol. The molecule has 250 valence electrons. The van der Waals surface area contributed by atoms with Gasteiger partial charge in [0.1, 0.15) is 34.1 Å². The average molecular weight is 669 g/mol. The van der Waals surface area contributed by atoms with E-state index in [0.29, 0.717) is 36.3 Å². The molecule has 2 aromatic carbocycles. The first-order chi connectivity index (χ1) is 22.2. The molecule has 3 heterocycles. The Morgan fingerprint density at radius 3 is 2.40 bits per heavy atom. The summed E-state index contributed by atoms with van der Waals surface area (Å²) >= 11 is 6.50. The number of halogens is 2. The van der Waals surface area contributed by atoms with Gasteiger partial charge in [-0.3, -0.25) is 18.7 Å². The minimum Gasteiger partial charge on any atom is -0.497 e. The summed E-state index contributed by atoms with van der Waals surface area (Å²) < 4.78 is 29.0. The Bertz CT molecular complexity index is 1960. The number of anilines is 1. The predicted octanol–water partition coefficient (Wildman–Crippen LogP) is 3.99. The smallest absolute Gasteiger partial charge is 0.407 e. The van der Waals surface area contributed by atoms with Gasteiger partial charge in [0, 0.05) is 31.2 Å². The van der Waals surface area contributed by atoms with Crippen LogP contribution < -0.4 is 31.9 Å². The Morgan fingerprint density at radius 1 is 1.06 bits per heavy atom. The molecule has 1 atom stereocenters. The highest BCUT2D eigenvalue weighted by Crippen LogP contribution is 2.34. The van der Waals surface area contributed by atoms with E-state index in [1.807, 2.05) is 4.90 Å². The largest absolute Gasteiger partial charge is 0.497 e. The topological polar surface area (TPSA) is 143 Å². The molecule has 2 amide bonds. The number of amides is 2. The van der Waals surface area contributed by atoms with Gasteiger partial charge < -0.3 is 30.0 Å². The molecule has 0 bridgehead atoms. The third-order valence-electron chi connectivity index (χ3n) is 8.04. The van der Waals surface area contributed by atoms with E-state index in [9.17, 15) is 23.6 Å². The van der Waals surface area contributed by atoms with E-state index < -0.39 is 34.7 Å². The summed E-state index contributed by atoms with van der Waals surface area (Å²) in [6, 6.07) is 10.4. The molecule has 5 rings (SSSR count). The summed E-state index contributed by atoms with van der Waals surface area (Å²) in [7, 11) is 3.00. The van der Waals surface area contributed by atoms with Gasteiger partial charge >= 0.3 is 11.8 Å². The molecule has 0 aliphatic carbocycles. The molecule has 0 saturated carbocycles. The fraction of sp³-hybridized carbons (Fsp3) is 0.394. The number of nitrogens with zero attached hydrogens (tertiary/aromatic N) is 4. The summed E-state index contributed by atoms with van der Waals surface area (Å²) in [6.45, 7) is 5.78. The van der Waals surface area contributed by atoms with Crippen LogP contribution in [0, 0.1) is 5.82 Å². The molecule has 1 aliphatic rings. The van der Waals surface area contributed by atoms with E-state index in [1.54, 1.807) is 49.6 Å². The molecule has 2 aromatic heterocycles. The number of piperidine rings is 1. The Kier molecular flexibility index (Phi) is 9.39. The minimum atomic E-state index is -0.862. The van der Waals surface area contributed by atoms with Gasteiger partial charge in [-0.2, -0.15) is 0 Å². The molecular formula is C33H38ClFN6O6. The van der Waals surface area contributed by atoms with Crippen LogP contribution in [0.5, 0.6) is 5.75 Å². The van der Waals surface area contributed by atoms with Crippen molar-refractivity contribution in [3.63, 3.8) is 0 Å². The van der Waals surface area contributed by atoms with Crippen molar-refractivity contribution in [2.24, 2.45) is 12.8 Å². The molecule has 0 spiro atoms. The summed E-state index contributed by atoms with van der Waals surface area (Å²) in [4.78, 5) is 55.8. The number of nitrogens with two attached hydrogens (primary N) is 1. The molecule has 1 fully saturated rings. The molecule has 4 aromatic rings. The van der Waals surface area contributed by atoms with E-state index in [-0.39, 0.29) is 53.1 Å². The van der Waals surface area contributed by atoms with Crippen LogP contribution in [0.4, 0.5) is 15.0 Å². The lowest BCUT2D eigenvalue weighted by Crippen LogP contribution is -2.49. The lowest BCUT2D eigenvalue weighted by atomic mass is 10.1. The van der Waals surface area contributed by atoms with Crippen LogP contribution in [0.2, 0.25) is 5.02 Å². The van der Waals surface area contributed by atoms with Crippen LogP contribution >= 0.6 is 11.6 Å². The molecule has 14 heteroatoms. The maximum atomic E-state index is 14.5. The van der Waals surface area contributed by atoms with Crippen LogP contribution in [0.15, 0.2) is 52.1 Å². The number of nitrogens with one attached hydrogen (secondary N) is 1. The maximum absolute atomic E-state index is 14.5. The third kappa shape index (κ3) is 6.99. The Balaban J connectivity index is 1.72. The number of carbonyl (C=O) groups is 2. The number of aryl methyl sites for hydroxylation is 1. The summed E-state index contributed by atoms with van der Waals surface area (Å²) in [5.41, 5.74) is 5.00. The normalized spacial score (nSPS) is 15.1. The van der Waals surface area contributed by atoms with Crippen molar-refractivity contribution in [3.8, 4) is 5.75 Å². The molecule has 47 heavy (non-hydrogen) atoms. The molecule has 1 saturated heterocycles. The second kappa shape index (κ2) is 13.1. The highest BCUT2D eigenvalue weighted by atomic mass is 35.5. The van der Waals surface area contributed by atoms with Gasteiger partial charge in [-0.05, 0) is 75.1 Å². The fourth-order valence-electron chi connectivity index (χ4n) is 5.99. The van der Waals surface area contributed by atoms with Crippen molar-refractivity contribution in [1.29, 1.82) is 0 Å². The van der Waals surface area contributed by atoms with E-state index >= 15 is 0 Å². The maximum Gasteiger partial charge on any atom is 0.407 e. The number of methoxy groups -OCH3 is 1. The Labute approximate surface area is 275 Å². The van der Waals surface area contributed by atoms with Crippen molar-refractivity contribution < 1.29 is 23.5 Å². The van der Waals surface area contributed by atoms with Gasteiger partial charge in [-0.1, -0.05) is 23.7 Å². The monoisotopic (exact) mass is 668 g/mol. The van der Waals surface area contributed by atoms with Crippen molar-refractivity contribution in [3.05, 3.63) is 90.8 Å². The zero-order chi connectivity index (χ0) is 34.2. The number of aromatic nitrogens is 3. The van der Waals surface area contributed by atoms with Crippen molar-refractivity contribution in [1.82, 2.24) is 19.0 Å². The highest BCUT2D eigenvalue weighted by Gasteiger charge is 2.34. The van der Waals surface area contributed by atoms with Crippen molar-refractivity contribution in [2.75, 3.05) is 25.1 Å². The first kappa shape index (κ1) is 33.6. The van der Waals surface area contributed by atoms with Crippen LogP contribution in [0.25, 0.3) is 11.0 Å². The number of benzene rings is 2. The molecule has 0 radical (unpaired) electrons. The summed E-state index contributed by atoms with van der Waals surface area (Å²) in [6.07, 6.45) is 0.655. The number of ether oxygens (including phenoxy) is 2. The van der Waals surface area contributed by atoms with Crippen LogP contribution in [-0.4, -0.2) is 57.5 Å². The Morgan fingerprint density at radius 2 is 1.77 bits per heavy atom. The Hall–Kier alpha value is -4.78. The number of fused-ring (bicyclic) bond motifs is 1. The predicted molar refractivity (Wildman–Crippen MR) is 177 cm³/mol. The number of hydrogen-bond acceptors (Lipinski definition) is 7. The lowest BCUT2D eigenvalue weighted by molar-refractivity contribution is 0.0499. The number of primary amides is 1. The summed E-state index contributed by atoms with van der Waals surface area (Å²) in [5.74, 6) is -0.528. The van der Waals surface area contributed by atoms with Crippen molar-refractivity contribution >= 4 is 40.5 Å². The quantitative estimate of drug-likeness (QED) is 0.289. The first-order valence-electron chi connectivity index (χ1n) is 15.2. The van der Waals surface area contributed by atoms with Gasteiger partial charge in [0.25, 0.3) is 11.5 Å².